The minimum absolute atomic E-state index is 0.0285. The molecule has 1 N–H and O–H groups in total. The van der Waals surface area contributed by atoms with Crippen molar-refractivity contribution in [2.24, 2.45) is 0 Å². The maximum atomic E-state index is 13.5. The highest BCUT2D eigenvalue weighted by Gasteiger charge is 2.40. The topological polar surface area (TPSA) is 155 Å². The smallest absolute Gasteiger partial charge is 0.313 e. The van der Waals surface area contributed by atoms with Gasteiger partial charge in [0, 0.05) is 5.69 Å². The Bertz CT molecular complexity index is 1920. The third-order valence-corrected chi connectivity index (χ3v) is 11.6. The Labute approximate surface area is 332 Å². The van der Waals surface area contributed by atoms with E-state index >= 15 is 0 Å². The number of benzene rings is 3. The summed E-state index contributed by atoms with van der Waals surface area (Å²) in [6.07, 6.45) is 11.3. The van der Waals surface area contributed by atoms with Crippen LogP contribution in [0.25, 0.3) is 6.08 Å². The SMILES string of the molecule is CCCCCCCCCCc1ccc(NC(=O)C(=O)N2C[C@H](Oc3ccc(CCS(=O)(=O)OCC)cc3)[C@H](Oc3ccc(/C=C/S(=O)(=O)OCC)cc3)C2)cc1. The molecule has 0 bridgehead atoms. The number of aryl methyl sites for hydroxylation is 2. The number of carbonyl (C=O) groups is 2. The first-order valence-corrected chi connectivity index (χ1v) is 22.6. The van der Waals surface area contributed by atoms with Gasteiger partial charge in [-0.05, 0) is 92.3 Å². The van der Waals surface area contributed by atoms with Crippen LogP contribution >= 0.6 is 0 Å². The van der Waals surface area contributed by atoms with Crippen molar-refractivity contribution in [2.45, 2.75) is 97.2 Å². The Balaban J connectivity index is 1.38. The standard InChI is InChI=1S/C42H56N2O10S2/c1-4-7-8-9-10-11-12-13-14-33-15-21-36(22-16-33)43-41(45)42(46)44-31-39(53-37-23-17-34(18-24-37)27-29-55(47,48)51-5-2)40(32-44)54-38-25-19-35(20-26-38)28-30-56(49,50)52-6-3/h15-27,29,39-40H,4-14,28,30-32H2,1-3H3,(H,43,45)/b29-27+/t39-,40+/m1/s1. The fraction of sp³-hybridized carbons (Fsp3) is 0.476. The molecule has 14 heteroatoms. The van der Waals surface area contributed by atoms with E-state index in [0.717, 1.165) is 23.8 Å². The van der Waals surface area contributed by atoms with Crippen molar-refractivity contribution in [3.63, 3.8) is 0 Å². The van der Waals surface area contributed by atoms with Crippen molar-refractivity contribution in [3.05, 3.63) is 94.9 Å². The van der Waals surface area contributed by atoms with Crippen molar-refractivity contribution in [3.8, 4) is 11.5 Å². The maximum absolute atomic E-state index is 13.5. The van der Waals surface area contributed by atoms with Crippen molar-refractivity contribution in [1.29, 1.82) is 0 Å². The number of hydrogen-bond acceptors (Lipinski definition) is 10. The number of rotatable bonds is 23. The monoisotopic (exact) mass is 812 g/mol. The fourth-order valence-corrected chi connectivity index (χ4v) is 7.96. The zero-order valence-electron chi connectivity index (χ0n) is 32.7. The summed E-state index contributed by atoms with van der Waals surface area (Å²) < 4.78 is 69.9. The number of carbonyl (C=O) groups excluding carboxylic acids is 2. The highest BCUT2D eigenvalue weighted by molar-refractivity contribution is 7.89. The summed E-state index contributed by atoms with van der Waals surface area (Å²) in [5.74, 6) is -0.731. The van der Waals surface area contributed by atoms with Crippen LogP contribution in [0.3, 0.4) is 0 Å². The van der Waals surface area contributed by atoms with E-state index in [4.69, 9.17) is 17.8 Å². The maximum Gasteiger partial charge on any atom is 0.313 e. The molecule has 0 aliphatic carbocycles. The van der Waals surface area contributed by atoms with Gasteiger partial charge >= 0.3 is 11.8 Å². The van der Waals surface area contributed by atoms with Gasteiger partial charge in [0.15, 0.2) is 12.2 Å². The molecular formula is C42H56N2O10S2. The van der Waals surface area contributed by atoms with Gasteiger partial charge in [0.05, 0.1) is 37.5 Å². The molecule has 3 aromatic rings. The van der Waals surface area contributed by atoms with Gasteiger partial charge in [0.25, 0.3) is 20.2 Å². The Morgan fingerprint density at radius 1 is 0.679 bits per heavy atom. The molecule has 1 heterocycles. The van der Waals surface area contributed by atoms with Crippen LogP contribution in [-0.4, -0.2) is 77.8 Å². The van der Waals surface area contributed by atoms with Gasteiger partial charge in [-0.3, -0.25) is 18.0 Å². The molecule has 306 valence electrons. The predicted octanol–water partition coefficient (Wildman–Crippen LogP) is 7.29. The molecule has 0 spiro atoms. The summed E-state index contributed by atoms with van der Waals surface area (Å²) in [4.78, 5) is 28.0. The summed E-state index contributed by atoms with van der Waals surface area (Å²) in [5, 5.41) is 3.71. The Morgan fingerprint density at radius 3 is 1.77 bits per heavy atom. The fourth-order valence-electron chi connectivity index (χ4n) is 6.27. The normalized spacial score (nSPS) is 15.9. The molecule has 56 heavy (non-hydrogen) atoms. The molecule has 3 aromatic carbocycles. The average Bonchev–Trinajstić information content (AvgIpc) is 3.57. The summed E-state index contributed by atoms with van der Waals surface area (Å²) in [7, 11) is -7.41. The van der Waals surface area contributed by atoms with E-state index in [1.807, 2.05) is 24.3 Å². The molecule has 0 aromatic heterocycles. The number of amides is 2. The second-order valence-electron chi connectivity index (χ2n) is 13.7. The molecular weight excluding hydrogens is 757 g/mol. The Kier molecular flexibility index (Phi) is 17.9. The lowest BCUT2D eigenvalue weighted by molar-refractivity contribution is -0.142. The molecule has 0 radical (unpaired) electrons. The van der Waals surface area contributed by atoms with Gasteiger partial charge in [0.2, 0.25) is 0 Å². The number of anilines is 1. The van der Waals surface area contributed by atoms with Crippen LogP contribution in [-0.2, 0) is 51.0 Å². The second-order valence-corrected chi connectivity index (χ2v) is 17.0. The molecule has 1 aliphatic heterocycles. The third kappa shape index (κ3) is 15.4. The molecule has 4 rings (SSSR count). The van der Waals surface area contributed by atoms with E-state index in [1.54, 1.807) is 62.4 Å². The van der Waals surface area contributed by atoms with E-state index < -0.39 is 44.3 Å². The number of ether oxygens (including phenoxy) is 2. The molecule has 0 saturated carbocycles. The summed E-state index contributed by atoms with van der Waals surface area (Å²) in [6, 6.07) is 21.2. The molecule has 1 saturated heterocycles. The van der Waals surface area contributed by atoms with Crippen LogP contribution in [0.2, 0.25) is 0 Å². The van der Waals surface area contributed by atoms with Gasteiger partial charge < -0.3 is 19.7 Å². The largest absolute Gasteiger partial charge is 0.485 e. The number of hydrogen-bond donors (Lipinski definition) is 1. The van der Waals surface area contributed by atoms with Gasteiger partial charge in [-0.15, -0.1) is 0 Å². The van der Waals surface area contributed by atoms with Gasteiger partial charge in [-0.1, -0.05) is 88.3 Å². The second kappa shape index (κ2) is 22.5. The summed E-state index contributed by atoms with van der Waals surface area (Å²) >= 11 is 0. The minimum atomic E-state index is -3.79. The Hall–Kier alpha value is -4.24. The number of likely N-dealkylation sites (tertiary alicyclic amines) is 1. The lowest BCUT2D eigenvalue weighted by atomic mass is 10.0. The molecule has 1 fully saturated rings. The van der Waals surface area contributed by atoms with Crippen molar-refractivity contribution < 1.29 is 44.3 Å². The van der Waals surface area contributed by atoms with Gasteiger partial charge in [-0.25, -0.2) is 0 Å². The highest BCUT2D eigenvalue weighted by atomic mass is 32.2. The summed E-state index contributed by atoms with van der Waals surface area (Å²) in [6.45, 7) is 5.67. The molecule has 2 amide bonds. The minimum Gasteiger partial charge on any atom is -0.485 e. The van der Waals surface area contributed by atoms with E-state index in [0.29, 0.717) is 22.7 Å². The van der Waals surface area contributed by atoms with E-state index in [1.165, 1.54) is 61.5 Å². The lowest BCUT2D eigenvalue weighted by Crippen LogP contribution is -2.39. The van der Waals surface area contributed by atoms with Crippen LogP contribution in [0.15, 0.2) is 78.2 Å². The first-order chi connectivity index (χ1) is 26.9. The molecule has 12 nitrogen and oxygen atoms in total. The number of nitrogens with one attached hydrogen (secondary N) is 1. The van der Waals surface area contributed by atoms with Crippen molar-refractivity contribution >= 4 is 43.8 Å². The number of unbranched alkanes of at least 4 members (excludes halogenated alkanes) is 7. The first-order valence-electron chi connectivity index (χ1n) is 19.6. The van der Waals surface area contributed by atoms with Crippen LogP contribution < -0.4 is 14.8 Å². The lowest BCUT2D eigenvalue weighted by Gasteiger charge is -2.21. The number of nitrogens with zero attached hydrogens (tertiary/aromatic N) is 1. The zero-order chi connectivity index (χ0) is 40.4. The van der Waals surface area contributed by atoms with Gasteiger partial charge in [0.1, 0.15) is 11.5 Å². The molecule has 2 atom stereocenters. The highest BCUT2D eigenvalue weighted by Crippen LogP contribution is 2.25. The average molecular weight is 813 g/mol. The quantitative estimate of drug-likeness (QED) is 0.0587. The first kappa shape index (κ1) is 44.5. The van der Waals surface area contributed by atoms with Crippen LogP contribution in [0, 0.1) is 0 Å². The van der Waals surface area contributed by atoms with E-state index in [9.17, 15) is 26.4 Å². The van der Waals surface area contributed by atoms with E-state index in [-0.39, 0.29) is 38.5 Å². The van der Waals surface area contributed by atoms with Crippen molar-refractivity contribution in [2.75, 3.05) is 37.4 Å². The van der Waals surface area contributed by atoms with Crippen LogP contribution in [0.5, 0.6) is 11.5 Å². The summed E-state index contributed by atoms with van der Waals surface area (Å²) in [5.41, 5.74) is 3.09. The zero-order valence-corrected chi connectivity index (χ0v) is 34.3. The third-order valence-electron chi connectivity index (χ3n) is 9.25. The Morgan fingerprint density at radius 2 is 1.20 bits per heavy atom. The van der Waals surface area contributed by atoms with Crippen molar-refractivity contribution in [1.82, 2.24) is 4.90 Å². The molecule has 1 aliphatic rings. The molecule has 0 unspecified atom stereocenters. The predicted molar refractivity (Wildman–Crippen MR) is 218 cm³/mol. The van der Waals surface area contributed by atoms with E-state index in [2.05, 4.69) is 12.2 Å². The van der Waals surface area contributed by atoms with Crippen LogP contribution in [0.4, 0.5) is 5.69 Å². The van der Waals surface area contributed by atoms with Crippen LogP contribution in [0.1, 0.15) is 88.8 Å². The van der Waals surface area contributed by atoms with Gasteiger partial charge in [-0.2, -0.15) is 16.8 Å².